The van der Waals surface area contributed by atoms with Crippen LogP contribution in [0.2, 0.25) is 5.02 Å². The molecule has 1 atom stereocenters. The van der Waals surface area contributed by atoms with E-state index in [-0.39, 0.29) is 23.8 Å². The zero-order chi connectivity index (χ0) is 22.7. The first kappa shape index (κ1) is 21.8. The second-order valence-corrected chi connectivity index (χ2v) is 8.61. The molecule has 0 radical (unpaired) electrons. The number of halogens is 1. The van der Waals surface area contributed by atoms with Crippen LogP contribution in [-0.4, -0.2) is 29.3 Å². The lowest BCUT2D eigenvalue weighted by molar-refractivity contribution is -0.121. The largest absolute Gasteiger partial charge is 0.423 e. The van der Waals surface area contributed by atoms with Crippen molar-refractivity contribution >= 4 is 53.1 Å². The van der Waals surface area contributed by atoms with Gasteiger partial charge in [0.25, 0.3) is 0 Å². The summed E-state index contributed by atoms with van der Waals surface area (Å²) < 4.78 is 5.41. The molecule has 2 amide bonds. The highest BCUT2D eigenvalue weighted by molar-refractivity contribution is 8.00. The maximum absolute atomic E-state index is 12.9. The molecule has 0 unspecified atom stereocenters. The molecule has 1 aliphatic rings. The molecule has 1 heterocycles. The van der Waals surface area contributed by atoms with E-state index in [4.69, 9.17) is 16.3 Å². The van der Waals surface area contributed by atoms with Gasteiger partial charge in [-0.05, 0) is 60.7 Å². The van der Waals surface area contributed by atoms with Crippen LogP contribution in [0.5, 0.6) is 5.75 Å². The quantitative estimate of drug-likeness (QED) is 0.225. The SMILES string of the molecule is O=Cc1ccc(OC(=O)c2ccccc2S[C@H]2CC(=O)N(c3ccc(Cl)cc3)C2=O)cc1. The number of hydrogen-bond donors (Lipinski definition) is 0. The van der Waals surface area contributed by atoms with Crippen molar-refractivity contribution in [3.8, 4) is 5.75 Å². The van der Waals surface area contributed by atoms with Gasteiger partial charge < -0.3 is 4.74 Å². The van der Waals surface area contributed by atoms with Crippen molar-refractivity contribution in [3.63, 3.8) is 0 Å². The Labute approximate surface area is 193 Å². The van der Waals surface area contributed by atoms with Crippen molar-refractivity contribution in [2.75, 3.05) is 4.90 Å². The predicted molar refractivity (Wildman–Crippen MR) is 121 cm³/mol. The molecule has 0 saturated carbocycles. The molecule has 6 nitrogen and oxygen atoms in total. The number of amides is 2. The summed E-state index contributed by atoms with van der Waals surface area (Å²) in [6.45, 7) is 0. The lowest BCUT2D eigenvalue weighted by Crippen LogP contribution is -2.31. The van der Waals surface area contributed by atoms with E-state index in [0.29, 0.717) is 33.2 Å². The van der Waals surface area contributed by atoms with Crippen molar-refractivity contribution in [2.24, 2.45) is 0 Å². The topological polar surface area (TPSA) is 80.8 Å². The van der Waals surface area contributed by atoms with Crippen molar-refractivity contribution in [1.82, 2.24) is 0 Å². The second-order valence-electron chi connectivity index (χ2n) is 6.93. The van der Waals surface area contributed by atoms with Gasteiger partial charge in [0.1, 0.15) is 12.0 Å². The molecule has 32 heavy (non-hydrogen) atoms. The van der Waals surface area contributed by atoms with Crippen LogP contribution in [0, 0.1) is 0 Å². The molecule has 8 heteroatoms. The minimum absolute atomic E-state index is 0.0165. The minimum Gasteiger partial charge on any atom is -0.423 e. The number of thioether (sulfide) groups is 1. The van der Waals surface area contributed by atoms with Crippen LogP contribution in [-0.2, 0) is 9.59 Å². The van der Waals surface area contributed by atoms with E-state index >= 15 is 0 Å². The third-order valence-corrected chi connectivity index (χ3v) is 6.31. The Kier molecular flexibility index (Phi) is 6.39. The molecule has 1 fully saturated rings. The van der Waals surface area contributed by atoms with E-state index in [1.165, 1.54) is 12.1 Å². The zero-order valence-electron chi connectivity index (χ0n) is 16.6. The molecular weight excluding hydrogens is 450 g/mol. The van der Waals surface area contributed by atoms with Gasteiger partial charge in [-0.2, -0.15) is 0 Å². The number of carbonyl (C=O) groups excluding carboxylic acids is 4. The van der Waals surface area contributed by atoms with Crippen molar-refractivity contribution < 1.29 is 23.9 Å². The Balaban J connectivity index is 1.52. The molecule has 3 aromatic rings. The fourth-order valence-electron chi connectivity index (χ4n) is 3.23. The fraction of sp³-hybridized carbons (Fsp3) is 0.0833. The van der Waals surface area contributed by atoms with Crippen molar-refractivity contribution in [2.45, 2.75) is 16.6 Å². The number of rotatable bonds is 6. The molecule has 1 saturated heterocycles. The smallest absolute Gasteiger partial charge is 0.344 e. The summed E-state index contributed by atoms with van der Waals surface area (Å²) in [5.41, 5.74) is 1.21. The average Bonchev–Trinajstić information content (AvgIpc) is 3.08. The van der Waals surface area contributed by atoms with Crippen LogP contribution in [0.3, 0.4) is 0 Å². The number of benzene rings is 3. The van der Waals surface area contributed by atoms with Gasteiger partial charge in [0.2, 0.25) is 11.8 Å². The monoisotopic (exact) mass is 465 g/mol. The number of carbonyl (C=O) groups is 4. The Morgan fingerprint density at radius 2 is 1.69 bits per heavy atom. The first-order chi connectivity index (χ1) is 15.5. The predicted octanol–water partition coefficient (Wildman–Crippen LogP) is 4.80. The number of ether oxygens (including phenoxy) is 1. The Morgan fingerprint density at radius 1 is 1.00 bits per heavy atom. The fourth-order valence-corrected chi connectivity index (χ4v) is 4.53. The van der Waals surface area contributed by atoms with Crippen LogP contribution < -0.4 is 9.64 Å². The van der Waals surface area contributed by atoms with Crippen LogP contribution in [0.25, 0.3) is 0 Å². The summed E-state index contributed by atoms with van der Waals surface area (Å²) >= 11 is 7.05. The normalized spacial score (nSPS) is 15.7. The van der Waals surface area contributed by atoms with Gasteiger partial charge >= 0.3 is 5.97 Å². The molecule has 0 N–H and O–H groups in total. The van der Waals surface area contributed by atoms with Crippen LogP contribution in [0.1, 0.15) is 27.1 Å². The third kappa shape index (κ3) is 4.59. The lowest BCUT2D eigenvalue weighted by atomic mass is 10.2. The number of aldehydes is 1. The molecule has 4 rings (SSSR count). The number of anilines is 1. The summed E-state index contributed by atoms with van der Waals surface area (Å²) in [5.74, 6) is -0.972. The summed E-state index contributed by atoms with van der Waals surface area (Å²) in [6.07, 6.45) is 0.716. The minimum atomic E-state index is -0.668. The van der Waals surface area contributed by atoms with Gasteiger partial charge in [0.05, 0.1) is 16.5 Å². The van der Waals surface area contributed by atoms with Crippen molar-refractivity contribution in [1.29, 1.82) is 0 Å². The average molecular weight is 466 g/mol. The van der Waals surface area contributed by atoms with Gasteiger partial charge in [0.15, 0.2) is 0 Å². The molecule has 0 spiro atoms. The van der Waals surface area contributed by atoms with Gasteiger partial charge in [0, 0.05) is 21.9 Å². The first-order valence-corrected chi connectivity index (χ1v) is 10.9. The van der Waals surface area contributed by atoms with E-state index in [9.17, 15) is 19.2 Å². The Morgan fingerprint density at radius 3 is 2.38 bits per heavy atom. The molecule has 0 aliphatic carbocycles. The standard InChI is InChI=1S/C24H16ClNO5S/c25-16-7-9-17(10-8-16)26-22(28)13-21(23(26)29)32-20-4-2-1-3-19(20)24(30)31-18-11-5-15(14-27)6-12-18/h1-12,14,21H,13H2/t21-/m0/s1. The highest BCUT2D eigenvalue weighted by atomic mass is 35.5. The van der Waals surface area contributed by atoms with Gasteiger partial charge in [-0.1, -0.05) is 23.7 Å². The summed E-state index contributed by atoms with van der Waals surface area (Å²) in [5, 5.41) is -0.161. The zero-order valence-corrected chi connectivity index (χ0v) is 18.1. The molecular formula is C24H16ClNO5S. The van der Waals surface area contributed by atoms with Gasteiger partial charge in [-0.15, -0.1) is 11.8 Å². The van der Waals surface area contributed by atoms with Crippen LogP contribution in [0.15, 0.2) is 77.7 Å². The Hall–Kier alpha value is -3.42. The summed E-state index contributed by atoms with van der Waals surface area (Å²) in [6, 6.07) is 19.4. The lowest BCUT2D eigenvalue weighted by Gasteiger charge is -2.15. The number of esters is 1. The van der Waals surface area contributed by atoms with E-state index < -0.39 is 11.2 Å². The van der Waals surface area contributed by atoms with Crippen LogP contribution in [0.4, 0.5) is 5.69 Å². The number of imide groups is 1. The van der Waals surface area contributed by atoms with Crippen molar-refractivity contribution in [3.05, 3.63) is 88.9 Å². The highest BCUT2D eigenvalue weighted by Crippen LogP contribution is 2.36. The highest BCUT2D eigenvalue weighted by Gasteiger charge is 2.40. The van der Waals surface area contributed by atoms with E-state index in [1.807, 2.05) is 0 Å². The third-order valence-electron chi connectivity index (χ3n) is 4.79. The molecule has 1 aliphatic heterocycles. The number of hydrogen-bond acceptors (Lipinski definition) is 6. The summed E-state index contributed by atoms with van der Waals surface area (Å²) in [4.78, 5) is 50.7. The maximum Gasteiger partial charge on any atom is 0.344 e. The molecule has 3 aromatic carbocycles. The number of nitrogens with zero attached hydrogens (tertiary/aromatic N) is 1. The van der Waals surface area contributed by atoms with E-state index in [2.05, 4.69) is 0 Å². The first-order valence-electron chi connectivity index (χ1n) is 9.62. The Bertz CT molecular complexity index is 1190. The molecule has 0 bridgehead atoms. The molecule has 160 valence electrons. The van der Waals surface area contributed by atoms with Crippen LogP contribution >= 0.6 is 23.4 Å². The maximum atomic E-state index is 12.9. The van der Waals surface area contributed by atoms with E-state index in [0.717, 1.165) is 16.7 Å². The van der Waals surface area contributed by atoms with E-state index in [1.54, 1.807) is 60.7 Å². The second kappa shape index (κ2) is 9.38. The van der Waals surface area contributed by atoms with Gasteiger partial charge in [-0.3, -0.25) is 14.4 Å². The molecule has 0 aromatic heterocycles. The van der Waals surface area contributed by atoms with Gasteiger partial charge in [-0.25, -0.2) is 9.69 Å². The summed E-state index contributed by atoms with van der Waals surface area (Å²) in [7, 11) is 0.